The van der Waals surface area contributed by atoms with Gasteiger partial charge in [0.05, 0.1) is 63.4 Å². The molecule has 0 unspecified atom stereocenters. The molecule has 9 rings (SSSR count). The zero-order valence-corrected chi connectivity index (χ0v) is 76.2. The fourth-order valence-electron chi connectivity index (χ4n) is 9.86. The first-order chi connectivity index (χ1) is 56.2. The molecule has 8 aromatic rings. The highest BCUT2D eigenvalue weighted by molar-refractivity contribution is 7.91. The van der Waals surface area contributed by atoms with Gasteiger partial charge in [-0.1, -0.05) is 19.9 Å². The molecule has 45 nitrogen and oxygen atoms in total. The summed E-state index contributed by atoms with van der Waals surface area (Å²) in [4.78, 5) is 91.1. The van der Waals surface area contributed by atoms with E-state index in [0.717, 1.165) is 24.5 Å². The van der Waals surface area contributed by atoms with E-state index >= 15 is 0 Å². The second-order valence-corrected chi connectivity index (χ2v) is 38.8. The van der Waals surface area contributed by atoms with E-state index in [-0.39, 0.29) is 104 Å². The molecule has 25 N–H and O–H groups in total. The van der Waals surface area contributed by atoms with E-state index in [1.165, 1.54) is 24.3 Å². The number of ether oxygens (including phenoxy) is 1. The van der Waals surface area contributed by atoms with Gasteiger partial charge in [-0.2, -0.15) is 58.6 Å². The van der Waals surface area contributed by atoms with Gasteiger partial charge < -0.3 is 85.8 Å². The van der Waals surface area contributed by atoms with Crippen LogP contribution in [0.2, 0.25) is 0 Å². The number of aliphatic hydroxyl groups excluding tert-OH is 1. The first-order valence-corrected chi connectivity index (χ1v) is 47.6. The minimum Gasteiger partial charge on any atom is -0.476 e. The number of amides is 6. The van der Waals surface area contributed by atoms with E-state index < -0.39 is 105 Å². The highest BCUT2D eigenvalue weighted by Crippen LogP contribution is 2.40. The Balaban J connectivity index is 0.00000145. The molecule has 688 valence electrons. The maximum atomic E-state index is 12.6. The lowest BCUT2D eigenvalue weighted by molar-refractivity contribution is -0.133. The Labute approximate surface area is 728 Å². The van der Waals surface area contributed by atoms with Crippen LogP contribution in [0.15, 0.2) is 192 Å². The predicted molar refractivity (Wildman–Crippen MR) is 474 cm³/mol. The van der Waals surface area contributed by atoms with Gasteiger partial charge in [-0.05, 0) is 179 Å². The average Bonchev–Trinajstić information content (AvgIpc) is 1.25. The Morgan fingerprint density at radius 2 is 0.712 bits per heavy atom. The van der Waals surface area contributed by atoms with Gasteiger partial charge in [0.25, 0.3) is 75.9 Å². The topological polar surface area (TPSA) is 792 Å². The lowest BCUT2D eigenvalue weighted by Crippen LogP contribution is -2.54. The van der Waals surface area contributed by atoms with Crippen molar-refractivity contribution in [1.29, 1.82) is 0 Å². The number of carbonyl (C=O) groups excluding carboxylic acids is 6. The fourth-order valence-corrected chi connectivity index (χ4v) is 12.7. The standard InChI is InChI=1S/C15H20N4O3.2C14H16N4O3S.C13H14N4O2.C12H17N3O3S.4CH4O3S.ClH/c1-8(2)19-10-7-9(12(20)18-14(16)17)5-6-11(10)22-15(3,4)13(19)21;2*1-9-7-11(18-5-3-4-6-18)12(22(2,20)21)8-10(9)13(19)17-14(15)16;14-13(15)16-12(19)10-5-9(8-18)6-11(7-10)17-3-1-2-4-17;1-7(2)9-5-4-8(11(16)15-12(13)14)6-10(9)19(3,17)18;4*1-5(2,3)4;/h5-8H,1-4H3,(H4,16,17,18,20);2*3-8H,1-2H3,(H4,15,16,17,19);1-7,18H,8H2,(H4,14,15,16,19);4-7H,1-3H3,(H4,13,14,15,16);4*1H3,(H,2,3,4);1H. The normalized spacial score (nSPS) is 11.9. The maximum Gasteiger partial charge on any atom is 0.280 e. The van der Waals surface area contributed by atoms with Gasteiger partial charge in [0.15, 0.2) is 64.9 Å². The fraction of sp³-hybridized carbons (Fsp3) is 0.264. The quantitative estimate of drug-likeness (QED) is 0.0418. The molecule has 4 heterocycles. The van der Waals surface area contributed by atoms with Crippen LogP contribution in [-0.4, -0.2) is 217 Å². The molecule has 3 aromatic heterocycles. The summed E-state index contributed by atoms with van der Waals surface area (Å²) >= 11 is 0. The highest BCUT2D eigenvalue weighted by atomic mass is 35.5. The number of aromatic nitrogens is 3. The maximum absolute atomic E-state index is 12.6. The molecule has 0 saturated carbocycles. The number of aliphatic imine (C=N–C) groups is 5. The number of benzene rings is 5. The summed E-state index contributed by atoms with van der Waals surface area (Å²) in [6, 6.07) is 30.8. The van der Waals surface area contributed by atoms with Crippen LogP contribution in [0.1, 0.15) is 122 Å². The van der Waals surface area contributed by atoms with Crippen molar-refractivity contribution in [3.8, 4) is 22.8 Å². The monoisotopic (exact) mass is 1910 g/mol. The molecular formula is C72H100ClN19O26S7. The van der Waals surface area contributed by atoms with Crippen LogP contribution < -0.4 is 67.0 Å². The van der Waals surface area contributed by atoms with Crippen molar-refractivity contribution in [2.45, 2.75) is 94.2 Å². The van der Waals surface area contributed by atoms with E-state index in [0.29, 0.717) is 75.7 Å². The Morgan fingerprint density at radius 3 is 1.02 bits per heavy atom. The van der Waals surface area contributed by atoms with Crippen molar-refractivity contribution in [3.05, 3.63) is 203 Å². The minimum atomic E-state index is -3.67. The van der Waals surface area contributed by atoms with Crippen molar-refractivity contribution >= 4 is 153 Å². The van der Waals surface area contributed by atoms with Gasteiger partial charge in [-0.3, -0.25) is 47.0 Å². The van der Waals surface area contributed by atoms with Crippen molar-refractivity contribution in [2.24, 2.45) is 82.3 Å². The van der Waals surface area contributed by atoms with Crippen molar-refractivity contribution in [1.82, 2.24) is 13.7 Å². The Kier molecular flexibility index (Phi) is 42.8. The summed E-state index contributed by atoms with van der Waals surface area (Å²) in [5, 5.41) is 9.24. The van der Waals surface area contributed by atoms with E-state index in [2.05, 4.69) is 25.0 Å². The second-order valence-electron chi connectivity index (χ2n) is 27.0. The minimum absolute atomic E-state index is 0. The van der Waals surface area contributed by atoms with Crippen LogP contribution >= 0.6 is 12.4 Å². The van der Waals surface area contributed by atoms with Gasteiger partial charge in [0.2, 0.25) is 0 Å². The molecule has 6 amide bonds. The SMILES string of the molecule is CC(C)N1C(=O)C(C)(C)Oc2ccc(C(=O)N=C(N)N)cc21.CC(C)c1ccc(C(=O)N=C(N)N)cc1S(C)(=O)=O.CS(=O)(=O)O.CS(=O)(=O)O.CS(=O)(=O)O.CS(=O)(=O)O.Cc1cc(-n2cccc2)c(S(C)(=O)=O)cc1C(=O)N=C(N)N.Cc1cc(-n2cccc2)c(S(C)(=O)=O)cc1C(=O)N=C(N)N.Cl.NC(N)=NC(=O)c1cc(CO)cc(-n2cccc2)c1. The van der Waals surface area contributed by atoms with Crippen LogP contribution in [0.25, 0.3) is 17.1 Å². The smallest absolute Gasteiger partial charge is 0.280 e. The summed E-state index contributed by atoms with van der Waals surface area (Å²) in [6.07, 6.45) is 16.7. The third-order valence-corrected chi connectivity index (χ3v) is 17.9. The average molecular weight is 1910 g/mol. The molecule has 0 radical (unpaired) electrons. The molecular weight excluding hydrogens is 1810 g/mol. The Hall–Kier alpha value is -12.4. The van der Waals surface area contributed by atoms with Gasteiger partial charge in [0.1, 0.15) is 5.75 Å². The van der Waals surface area contributed by atoms with Crippen molar-refractivity contribution in [3.63, 3.8) is 0 Å². The van der Waals surface area contributed by atoms with Crippen LogP contribution in [-0.2, 0) is 81.4 Å². The first-order valence-electron chi connectivity index (χ1n) is 34.5. The van der Waals surface area contributed by atoms with E-state index in [4.69, 9.17) is 80.3 Å². The molecule has 0 bridgehead atoms. The first kappa shape index (κ1) is 113. The molecule has 0 saturated heterocycles. The van der Waals surface area contributed by atoms with E-state index in [9.17, 15) is 92.8 Å². The number of halogens is 1. The predicted octanol–water partition coefficient (Wildman–Crippen LogP) is 1.67. The van der Waals surface area contributed by atoms with Crippen LogP contribution in [0.4, 0.5) is 5.69 Å². The summed E-state index contributed by atoms with van der Waals surface area (Å²) < 4.78 is 186. The van der Waals surface area contributed by atoms with E-state index in [1.807, 2.05) is 56.8 Å². The summed E-state index contributed by atoms with van der Waals surface area (Å²) in [7, 11) is -25.2. The van der Waals surface area contributed by atoms with Crippen LogP contribution in [0.3, 0.4) is 0 Å². The molecule has 0 spiro atoms. The Bertz CT molecular complexity index is 5910. The second kappa shape index (κ2) is 47.5. The number of hydrogen-bond acceptors (Lipinski definition) is 22. The third kappa shape index (κ3) is 42.5. The summed E-state index contributed by atoms with van der Waals surface area (Å²) in [5.74, 6) is -4.44. The number of nitrogens with two attached hydrogens (primary N) is 10. The van der Waals surface area contributed by atoms with Gasteiger partial charge >= 0.3 is 0 Å². The number of rotatable bonds is 14. The van der Waals surface area contributed by atoms with Crippen LogP contribution in [0, 0.1) is 13.8 Å². The van der Waals surface area contributed by atoms with Crippen molar-refractivity contribution in [2.75, 3.05) is 48.7 Å². The zero-order chi connectivity index (χ0) is 96.3. The van der Waals surface area contributed by atoms with Gasteiger partial charge in [-0.25, -0.2) is 25.3 Å². The molecule has 0 fully saturated rings. The molecule has 1 aliphatic heterocycles. The Morgan fingerprint density at radius 1 is 0.408 bits per heavy atom. The van der Waals surface area contributed by atoms with Gasteiger partial charge in [-0.15, -0.1) is 12.4 Å². The number of nitrogens with zero attached hydrogens (tertiary/aromatic N) is 9. The number of sulfone groups is 3. The van der Waals surface area contributed by atoms with Crippen molar-refractivity contribution < 1.29 is 116 Å². The molecule has 0 aliphatic carbocycles. The lowest BCUT2D eigenvalue weighted by atomic mass is 10.0. The number of carbonyl (C=O) groups is 6. The summed E-state index contributed by atoms with van der Waals surface area (Å²) in [5.41, 5.74) is 56.6. The molecule has 1 aliphatic rings. The lowest BCUT2D eigenvalue weighted by Gasteiger charge is -2.40. The van der Waals surface area contributed by atoms with Crippen LogP contribution in [0.5, 0.6) is 5.75 Å². The number of hydrogen-bond donors (Lipinski definition) is 15. The molecule has 53 heteroatoms. The molecule has 125 heavy (non-hydrogen) atoms. The summed E-state index contributed by atoms with van der Waals surface area (Å²) in [6.45, 7) is 14.2. The highest BCUT2D eigenvalue weighted by Gasteiger charge is 2.42. The number of aliphatic hydroxyl groups is 1. The van der Waals surface area contributed by atoms with E-state index in [1.54, 1.807) is 145 Å². The zero-order valence-electron chi connectivity index (χ0n) is 69.7. The number of fused-ring (bicyclic) bond motifs is 1. The largest absolute Gasteiger partial charge is 0.476 e. The van der Waals surface area contributed by atoms with Gasteiger partial charge in [0, 0.05) is 95.5 Å². The third-order valence-electron chi connectivity index (χ3n) is 14.5. The molecule has 5 aromatic carbocycles. The number of anilines is 1. The number of aryl methyl sites for hydroxylation is 2. The number of guanidine groups is 5. The molecule has 0 atom stereocenters.